The van der Waals surface area contributed by atoms with Crippen LogP contribution in [0.25, 0.3) is 0 Å². The maximum absolute atomic E-state index is 12.9. The molecule has 40 heavy (non-hydrogen) atoms. The highest BCUT2D eigenvalue weighted by Crippen LogP contribution is 2.40. The number of Topliss-reactive ketones (excluding diaryl/α,β-unsaturated/α-hetero) is 1. The lowest BCUT2D eigenvalue weighted by Crippen LogP contribution is -2.46. The summed E-state index contributed by atoms with van der Waals surface area (Å²) in [7, 11) is 6.18. The first-order valence-corrected chi connectivity index (χ1v) is 13.6. The van der Waals surface area contributed by atoms with Crippen LogP contribution in [0.5, 0.6) is 23.0 Å². The fraction of sp³-hybridized carbons (Fsp3) is 0.548. The molecule has 2 atom stereocenters. The largest absolute Gasteiger partial charge is 0.497 e. The molecule has 1 heterocycles. The van der Waals surface area contributed by atoms with Crippen molar-refractivity contribution in [3.8, 4) is 23.0 Å². The van der Waals surface area contributed by atoms with Gasteiger partial charge in [0.15, 0.2) is 17.3 Å². The van der Waals surface area contributed by atoms with Crippen LogP contribution in [0.3, 0.4) is 0 Å². The smallest absolute Gasteiger partial charge is 0.220 e. The van der Waals surface area contributed by atoms with Crippen molar-refractivity contribution in [2.24, 2.45) is 0 Å². The first kappa shape index (κ1) is 32.9. The number of methoxy groups -OCH3 is 4. The molecule has 0 saturated carbocycles. The predicted octanol–water partition coefficient (Wildman–Crippen LogP) is 4.80. The Bertz CT molecular complexity index is 1040. The maximum atomic E-state index is 12.9. The molecular formula is C31H46N2O7. The number of aliphatic hydroxyl groups is 1. The molecule has 2 N–H and O–H groups in total. The number of nitrogens with one attached hydrogen (secondary N) is 1. The van der Waals surface area contributed by atoms with Gasteiger partial charge in [-0.3, -0.25) is 9.59 Å². The van der Waals surface area contributed by atoms with E-state index < -0.39 is 12.1 Å². The molecule has 222 valence electrons. The lowest BCUT2D eigenvalue weighted by atomic mass is 10.00. The molecule has 0 aromatic heterocycles. The van der Waals surface area contributed by atoms with Gasteiger partial charge in [-0.25, -0.2) is 0 Å². The van der Waals surface area contributed by atoms with Crippen LogP contribution in [0.2, 0.25) is 0 Å². The van der Waals surface area contributed by atoms with Gasteiger partial charge < -0.3 is 34.3 Å². The Morgan fingerprint density at radius 1 is 0.875 bits per heavy atom. The van der Waals surface area contributed by atoms with E-state index in [0.29, 0.717) is 60.6 Å². The van der Waals surface area contributed by atoms with E-state index in [1.807, 2.05) is 0 Å². The number of hydrogen-bond acceptors (Lipinski definition) is 8. The Morgan fingerprint density at radius 2 is 1.48 bits per heavy atom. The van der Waals surface area contributed by atoms with Gasteiger partial charge in [0.05, 0.1) is 34.5 Å². The quantitative estimate of drug-likeness (QED) is 0.223. The van der Waals surface area contributed by atoms with Gasteiger partial charge in [0.1, 0.15) is 11.9 Å². The Morgan fingerprint density at radius 3 is 2.02 bits per heavy atom. The Labute approximate surface area is 238 Å². The van der Waals surface area contributed by atoms with E-state index in [-0.39, 0.29) is 19.1 Å². The maximum Gasteiger partial charge on any atom is 0.220 e. The van der Waals surface area contributed by atoms with Gasteiger partial charge in [-0.05, 0) is 80.7 Å². The van der Waals surface area contributed by atoms with Crippen molar-refractivity contribution in [3.63, 3.8) is 0 Å². The summed E-state index contributed by atoms with van der Waals surface area (Å²) < 4.78 is 21.4. The molecule has 1 aliphatic heterocycles. The van der Waals surface area contributed by atoms with Crippen molar-refractivity contribution in [2.75, 3.05) is 48.1 Å². The molecule has 0 unspecified atom stereocenters. The SMILES string of the molecule is C.COc1ccc(C(=O)CCCCCC(=O)N[C@H](CN2CCCC2)[C@H](O)c2cc(OC)c(OC)c(OC)c2)cc1. The lowest BCUT2D eigenvalue weighted by molar-refractivity contribution is -0.123. The summed E-state index contributed by atoms with van der Waals surface area (Å²) in [6, 6.07) is 10.0. The molecule has 2 aromatic carbocycles. The third-order valence-electron chi connectivity index (χ3n) is 7.13. The van der Waals surface area contributed by atoms with Crippen LogP contribution in [-0.4, -0.2) is 75.8 Å². The number of hydrogen-bond donors (Lipinski definition) is 2. The summed E-state index contributed by atoms with van der Waals surface area (Å²) >= 11 is 0. The zero-order chi connectivity index (χ0) is 28.2. The third kappa shape index (κ3) is 9.13. The van der Waals surface area contributed by atoms with Gasteiger partial charge in [-0.15, -0.1) is 0 Å². The highest BCUT2D eigenvalue weighted by molar-refractivity contribution is 5.96. The second-order valence-corrected chi connectivity index (χ2v) is 9.80. The third-order valence-corrected chi connectivity index (χ3v) is 7.13. The molecular weight excluding hydrogens is 512 g/mol. The van der Waals surface area contributed by atoms with Crippen LogP contribution < -0.4 is 24.3 Å². The molecule has 0 aliphatic carbocycles. The topological polar surface area (TPSA) is 107 Å². The zero-order valence-corrected chi connectivity index (χ0v) is 23.5. The van der Waals surface area contributed by atoms with Crippen LogP contribution >= 0.6 is 0 Å². The molecule has 1 aliphatic rings. The summed E-state index contributed by atoms with van der Waals surface area (Å²) in [5.74, 6) is 2.02. The van der Waals surface area contributed by atoms with E-state index >= 15 is 0 Å². The molecule has 9 nitrogen and oxygen atoms in total. The van der Waals surface area contributed by atoms with E-state index in [0.717, 1.165) is 38.1 Å². The highest BCUT2D eigenvalue weighted by Gasteiger charge is 2.28. The second kappa shape index (κ2) is 16.7. The van der Waals surface area contributed by atoms with Gasteiger partial charge in [0, 0.05) is 24.9 Å². The predicted molar refractivity (Wildman–Crippen MR) is 156 cm³/mol. The summed E-state index contributed by atoms with van der Waals surface area (Å²) in [5, 5.41) is 14.4. The molecule has 2 aromatic rings. The van der Waals surface area contributed by atoms with Crippen molar-refractivity contribution in [3.05, 3.63) is 47.5 Å². The molecule has 0 bridgehead atoms. The second-order valence-electron chi connectivity index (χ2n) is 9.80. The molecule has 0 radical (unpaired) electrons. The first-order valence-electron chi connectivity index (χ1n) is 13.6. The number of ketones is 1. The standard InChI is InChI=1S/C30H42N2O7.CH4/c1-36-23-14-12-21(13-15-23)25(33)10-6-5-7-11-28(34)31-24(20-32-16-8-9-17-32)29(35)22-18-26(37-2)30(39-4)27(19-22)38-3;/h12-15,18-19,24,29,35H,5-11,16-17,20H2,1-4H3,(H,31,34);1H4/t24-,29-;/m1./s1. The van der Waals surface area contributed by atoms with E-state index in [4.69, 9.17) is 18.9 Å². The molecule has 1 fully saturated rings. The highest BCUT2D eigenvalue weighted by atomic mass is 16.5. The monoisotopic (exact) mass is 558 g/mol. The van der Waals surface area contributed by atoms with E-state index in [1.54, 1.807) is 43.5 Å². The lowest BCUT2D eigenvalue weighted by Gasteiger charge is -2.29. The minimum Gasteiger partial charge on any atom is -0.497 e. The van der Waals surface area contributed by atoms with Gasteiger partial charge in [-0.1, -0.05) is 13.8 Å². The van der Waals surface area contributed by atoms with Crippen LogP contribution in [0.1, 0.15) is 74.4 Å². The van der Waals surface area contributed by atoms with Crippen LogP contribution in [-0.2, 0) is 4.79 Å². The van der Waals surface area contributed by atoms with Crippen LogP contribution in [0.15, 0.2) is 36.4 Å². The van der Waals surface area contributed by atoms with Crippen LogP contribution in [0, 0.1) is 0 Å². The van der Waals surface area contributed by atoms with Crippen LogP contribution in [0.4, 0.5) is 0 Å². The summed E-state index contributed by atoms with van der Waals surface area (Å²) in [6.07, 6.45) is 4.15. The number of aliphatic hydroxyl groups excluding tert-OH is 1. The van der Waals surface area contributed by atoms with Crippen molar-refractivity contribution >= 4 is 11.7 Å². The summed E-state index contributed by atoms with van der Waals surface area (Å²) in [4.78, 5) is 27.6. The number of rotatable bonds is 16. The number of carbonyl (C=O) groups is 2. The van der Waals surface area contributed by atoms with Gasteiger partial charge in [0.2, 0.25) is 11.7 Å². The average molecular weight is 559 g/mol. The summed E-state index contributed by atoms with van der Waals surface area (Å²) in [6.45, 7) is 2.42. The first-order chi connectivity index (χ1) is 18.9. The van der Waals surface area contributed by atoms with E-state index in [1.165, 1.54) is 21.3 Å². The van der Waals surface area contributed by atoms with Crippen molar-refractivity contribution in [1.82, 2.24) is 10.2 Å². The minimum absolute atomic E-state index is 0. The van der Waals surface area contributed by atoms with Gasteiger partial charge in [-0.2, -0.15) is 0 Å². The molecule has 1 saturated heterocycles. The number of benzene rings is 2. The van der Waals surface area contributed by atoms with Crippen molar-refractivity contribution < 1.29 is 33.6 Å². The van der Waals surface area contributed by atoms with E-state index in [2.05, 4.69) is 10.2 Å². The normalized spacial score (nSPS) is 14.5. The number of amides is 1. The number of likely N-dealkylation sites (tertiary alicyclic amines) is 1. The number of nitrogens with zero attached hydrogens (tertiary/aromatic N) is 1. The van der Waals surface area contributed by atoms with Gasteiger partial charge >= 0.3 is 0 Å². The average Bonchev–Trinajstić information content (AvgIpc) is 3.48. The summed E-state index contributed by atoms with van der Waals surface area (Å²) in [5.41, 5.74) is 1.24. The molecule has 3 rings (SSSR count). The fourth-order valence-corrected chi connectivity index (χ4v) is 4.92. The molecule has 0 spiro atoms. The minimum atomic E-state index is -0.967. The number of ether oxygens (including phenoxy) is 4. The zero-order valence-electron chi connectivity index (χ0n) is 23.5. The molecule has 1 amide bonds. The number of carbonyl (C=O) groups excluding carboxylic acids is 2. The Kier molecular flexibility index (Phi) is 13.8. The Balaban J connectivity index is 0.00000560. The number of unbranched alkanes of at least 4 members (excludes halogenated alkanes) is 2. The fourth-order valence-electron chi connectivity index (χ4n) is 4.92. The van der Waals surface area contributed by atoms with Crippen molar-refractivity contribution in [2.45, 2.75) is 64.5 Å². The van der Waals surface area contributed by atoms with E-state index in [9.17, 15) is 14.7 Å². The Hall–Kier alpha value is -3.30. The van der Waals surface area contributed by atoms with Crippen molar-refractivity contribution in [1.29, 1.82) is 0 Å². The molecule has 9 heteroatoms. The van der Waals surface area contributed by atoms with Gasteiger partial charge in [0.25, 0.3) is 0 Å².